The third kappa shape index (κ3) is 8.46. The molecule has 2 N–H and O–H groups in total. The number of aliphatic imine (C=N–C) groups is 1. The van der Waals surface area contributed by atoms with Crippen molar-refractivity contribution in [1.29, 1.82) is 0 Å². The molecule has 0 saturated carbocycles. The SMILES string of the molecule is CN=C(NCc1ccc(OC)cc1C(F)(F)F)NCC1CN(CC(C)C)CCO1.I. The van der Waals surface area contributed by atoms with Crippen molar-refractivity contribution in [3.8, 4) is 5.75 Å². The maximum Gasteiger partial charge on any atom is 0.416 e. The van der Waals surface area contributed by atoms with E-state index in [0.29, 0.717) is 25.0 Å². The molecule has 0 bridgehead atoms. The fraction of sp³-hybridized carbons (Fsp3) is 0.650. The van der Waals surface area contributed by atoms with Crippen molar-refractivity contribution in [1.82, 2.24) is 15.5 Å². The molecule has 2 rings (SSSR count). The molecule has 0 aromatic heterocycles. The van der Waals surface area contributed by atoms with Crippen LogP contribution in [0, 0.1) is 5.92 Å². The lowest BCUT2D eigenvalue weighted by molar-refractivity contribution is -0.138. The third-order valence-electron chi connectivity index (χ3n) is 4.64. The second-order valence-electron chi connectivity index (χ2n) is 7.47. The van der Waals surface area contributed by atoms with Gasteiger partial charge in [-0.15, -0.1) is 24.0 Å². The summed E-state index contributed by atoms with van der Waals surface area (Å²) in [7, 11) is 2.93. The van der Waals surface area contributed by atoms with Gasteiger partial charge in [-0.3, -0.25) is 9.89 Å². The minimum Gasteiger partial charge on any atom is -0.497 e. The van der Waals surface area contributed by atoms with Crippen molar-refractivity contribution >= 4 is 29.9 Å². The van der Waals surface area contributed by atoms with Crippen LogP contribution in [-0.4, -0.2) is 63.9 Å². The molecule has 0 spiro atoms. The van der Waals surface area contributed by atoms with Crippen molar-refractivity contribution < 1.29 is 22.6 Å². The number of ether oxygens (including phenoxy) is 2. The van der Waals surface area contributed by atoms with Gasteiger partial charge in [0.1, 0.15) is 5.75 Å². The van der Waals surface area contributed by atoms with Crippen molar-refractivity contribution in [2.45, 2.75) is 32.7 Å². The van der Waals surface area contributed by atoms with Crippen LogP contribution >= 0.6 is 24.0 Å². The summed E-state index contributed by atoms with van der Waals surface area (Å²) >= 11 is 0. The Morgan fingerprint density at radius 2 is 2.07 bits per heavy atom. The minimum atomic E-state index is -4.46. The van der Waals surface area contributed by atoms with Gasteiger partial charge in [-0.25, -0.2) is 0 Å². The molecular weight excluding hydrogens is 512 g/mol. The summed E-state index contributed by atoms with van der Waals surface area (Å²) in [5, 5.41) is 6.09. The second-order valence-corrected chi connectivity index (χ2v) is 7.47. The Balaban J connectivity index is 0.00000450. The highest BCUT2D eigenvalue weighted by Gasteiger charge is 2.33. The highest BCUT2D eigenvalue weighted by Crippen LogP contribution is 2.34. The van der Waals surface area contributed by atoms with Gasteiger partial charge in [0.2, 0.25) is 0 Å². The monoisotopic (exact) mass is 544 g/mol. The van der Waals surface area contributed by atoms with Crippen molar-refractivity contribution in [2.75, 3.05) is 46.9 Å². The van der Waals surface area contributed by atoms with E-state index in [-0.39, 0.29) is 47.9 Å². The number of methoxy groups -OCH3 is 1. The molecule has 0 aliphatic carbocycles. The molecule has 1 heterocycles. The Bertz CT molecular complexity index is 687. The number of hydrogen-bond donors (Lipinski definition) is 2. The Labute approximate surface area is 193 Å². The number of hydrogen-bond acceptors (Lipinski definition) is 4. The van der Waals surface area contributed by atoms with E-state index < -0.39 is 11.7 Å². The fourth-order valence-electron chi connectivity index (χ4n) is 3.30. The van der Waals surface area contributed by atoms with E-state index in [1.165, 1.54) is 19.2 Å². The van der Waals surface area contributed by atoms with Crippen molar-refractivity contribution in [2.24, 2.45) is 10.9 Å². The summed E-state index contributed by atoms with van der Waals surface area (Å²) in [6.07, 6.45) is -4.45. The Hall–Kier alpha value is -1.27. The maximum absolute atomic E-state index is 13.3. The lowest BCUT2D eigenvalue weighted by Gasteiger charge is -2.34. The summed E-state index contributed by atoms with van der Waals surface area (Å²) in [5.41, 5.74) is -0.599. The van der Waals surface area contributed by atoms with Gasteiger partial charge in [-0.05, 0) is 23.6 Å². The van der Waals surface area contributed by atoms with Crippen molar-refractivity contribution in [3.63, 3.8) is 0 Å². The van der Waals surface area contributed by atoms with Gasteiger partial charge in [-0.1, -0.05) is 19.9 Å². The van der Waals surface area contributed by atoms with E-state index in [1.807, 2.05) is 0 Å². The van der Waals surface area contributed by atoms with Crippen molar-refractivity contribution in [3.05, 3.63) is 29.3 Å². The number of nitrogens with zero attached hydrogens (tertiary/aromatic N) is 2. The van der Waals surface area contributed by atoms with Crippen LogP contribution in [0.4, 0.5) is 13.2 Å². The summed E-state index contributed by atoms with van der Waals surface area (Å²) in [5.74, 6) is 1.19. The standard InChI is InChI=1S/C20H31F3N4O2.HI/c1-14(2)12-27-7-8-29-17(13-27)11-26-19(24-3)25-10-15-5-6-16(28-4)9-18(15)20(21,22)23;/h5-6,9,14,17H,7-8,10-13H2,1-4H3,(H2,24,25,26);1H. The minimum absolute atomic E-state index is 0. The van der Waals surface area contributed by atoms with Crippen LogP contribution in [0.1, 0.15) is 25.0 Å². The van der Waals surface area contributed by atoms with Gasteiger partial charge in [0.05, 0.1) is 25.4 Å². The van der Waals surface area contributed by atoms with Gasteiger partial charge in [0.25, 0.3) is 0 Å². The molecule has 0 radical (unpaired) electrons. The number of guanidine groups is 1. The number of nitrogens with one attached hydrogen (secondary N) is 2. The van der Waals surface area contributed by atoms with E-state index in [1.54, 1.807) is 7.05 Å². The maximum atomic E-state index is 13.3. The van der Waals surface area contributed by atoms with E-state index >= 15 is 0 Å². The normalized spacial score (nSPS) is 18.1. The Kier molecular flexibility index (Phi) is 11.2. The van der Waals surface area contributed by atoms with Gasteiger partial charge < -0.3 is 20.1 Å². The Morgan fingerprint density at radius 1 is 1.33 bits per heavy atom. The van der Waals surface area contributed by atoms with Crippen LogP contribution in [0.25, 0.3) is 0 Å². The average molecular weight is 544 g/mol. The topological polar surface area (TPSA) is 58.1 Å². The lowest BCUT2D eigenvalue weighted by atomic mass is 10.1. The fourth-order valence-corrected chi connectivity index (χ4v) is 3.30. The summed E-state index contributed by atoms with van der Waals surface area (Å²) < 4.78 is 50.7. The molecule has 172 valence electrons. The predicted molar refractivity (Wildman–Crippen MR) is 123 cm³/mol. The molecule has 1 unspecified atom stereocenters. The first-order valence-corrected chi connectivity index (χ1v) is 9.75. The number of halogens is 4. The van der Waals surface area contributed by atoms with Crippen LogP contribution in [0.2, 0.25) is 0 Å². The summed E-state index contributed by atoms with van der Waals surface area (Å²) in [4.78, 5) is 6.46. The first kappa shape index (κ1) is 26.8. The van der Waals surface area contributed by atoms with E-state index in [4.69, 9.17) is 9.47 Å². The molecule has 10 heteroatoms. The molecule has 6 nitrogen and oxygen atoms in total. The zero-order valence-corrected chi connectivity index (χ0v) is 20.2. The molecule has 1 aromatic carbocycles. The molecule has 1 aromatic rings. The Morgan fingerprint density at radius 3 is 2.67 bits per heavy atom. The smallest absolute Gasteiger partial charge is 0.416 e. The highest BCUT2D eigenvalue weighted by molar-refractivity contribution is 14.0. The quantitative estimate of drug-likeness (QED) is 0.314. The summed E-state index contributed by atoms with van der Waals surface area (Å²) in [6, 6.07) is 3.93. The largest absolute Gasteiger partial charge is 0.497 e. The number of benzene rings is 1. The van der Waals surface area contributed by atoms with Gasteiger partial charge in [-0.2, -0.15) is 13.2 Å². The molecule has 1 aliphatic rings. The summed E-state index contributed by atoms with van der Waals surface area (Å²) in [6.45, 7) is 8.31. The van der Waals surface area contributed by atoms with Crippen LogP contribution in [0.15, 0.2) is 23.2 Å². The van der Waals surface area contributed by atoms with Gasteiger partial charge in [0.15, 0.2) is 5.96 Å². The molecule has 1 atom stereocenters. The third-order valence-corrected chi connectivity index (χ3v) is 4.64. The highest BCUT2D eigenvalue weighted by atomic mass is 127. The first-order valence-electron chi connectivity index (χ1n) is 9.75. The average Bonchev–Trinajstić information content (AvgIpc) is 2.67. The molecule has 1 saturated heterocycles. The first-order chi connectivity index (χ1) is 13.7. The molecule has 1 aliphatic heterocycles. The number of morpholine rings is 1. The number of alkyl halides is 3. The van der Waals surface area contributed by atoms with Crippen LogP contribution < -0.4 is 15.4 Å². The zero-order chi connectivity index (χ0) is 21.4. The van der Waals surface area contributed by atoms with Gasteiger partial charge in [0, 0.05) is 39.8 Å². The zero-order valence-electron chi connectivity index (χ0n) is 17.9. The molecular formula is C20H32F3IN4O2. The van der Waals surface area contributed by atoms with Crippen LogP contribution in [-0.2, 0) is 17.5 Å². The van der Waals surface area contributed by atoms with Crippen LogP contribution in [0.3, 0.4) is 0 Å². The lowest BCUT2D eigenvalue weighted by Crippen LogP contribution is -2.50. The number of rotatable bonds is 7. The van der Waals surface area contributed by atoms with E-state index in [2.05, 4.69) is 34.4 Å². The molecule has 1 fully saturated rings. The molecule has 0 amide bonds. The van der Waals surface area contributed by atoms with E-state index in [9.17, 15) is 13.2 Å². The molecule has 30 heavy (non-hydrogen) atoms. The predicted octanol–water partition coefficient (Wildman–Crippen LogP) is 3.35. The second kappa shape index (κ2) is 12.6. The van der Waals surface area contributed by atoms with E-state index in [0.717, 1.165) is 25.7 Å². The van der Waals surface area contributed by atoms with Crippen LogP contribution in [0.5, 0.6) is 5.75 Å². The van der Waals surface area contributed by atoms with Gasteiger partial charge >= 0.3 is 6.18 Å².